The van der Waals surface area contributed by atoms with Crippen molar-refractivity contribution in [1.82, 2.24) is 9.80 Å². The van der Waals surface area contributed by atoms with Crippen molar-refractivity contribution in [2.75, 3.05) is 34.2 Å². The van der Waals surface area contributed by atoms with Crippen molar-refractivity contribution in [3.8, 4) is 34.8 Å². The van der Waals surface area contributed by atoms with E-state index in [4.69, 9.17) is 18.9 Å². The first-order chi connectivity index (χ1) is 18.4. The summed E-state index contributed by atoms with van der Waals surface area (Å²) in [5.41, 5.74) is 5.20. The first-order valence-electron chi connectivity index (χ1n) is 13.0. The summed E-state index contributed by atoms with van der Waals surface area (Å²) < 4.78 is 23.7. The van der Waals surface area contributed by atoms with Crippen molar-refractivity contribution in [3.63, 3.8) is 0 Å². The van der Waals surface area contributed by atoms with Crippen LogP contribution >= 0.6 is 0 Å². The van der Waals surface area contributed by atoms with Gasteiger partial charge in [-0.05, 0) is 44.9 Å². The fraction of sp³-hybridized carbons (Fsp3) is 0.483. The standard InChI is InChI=1S/C29H33N3O6/c1-6-7-36-28-22-16(8-14(2)26(28)35-5)9-18-20(11-30)32-19(24(22)31(18)4)10-17-23(21(32)12-33)29-27(37-13-38-29)15(3)25(17)34/h6,8,18-21,24,33-34H,1,7,9-10,12-13H2,2-5H3/t18-,19-,20-,21-,24?/m0/s1. The highest BCUT2D eigenvalue weighted by Crippen LogP contribution is 2.58. The Morgan fingerprint density at radius 2 is 1.95 bits per heavy atom. The summed E-state index contributed by atoms with van der Waals surface area (Å²) >= 11 is 0. The summed E-state index contributed by atoms with van der Waals surface area (Å²) in [6, 6.07) is 3.18. The molecule has 0 aromatic heterocycles. The molecule has 4 aliphatic heterocycles. The lowest BCUT2D eigenvalue weighted by molar-refractivity contribution is -0.0826. The van der Waals surface area contributed by atoms with Gasteiger partial charge in [0.15, 0.2) is 23.0 Å². The van der Waals surface area contributed by atoms with Crippen LogP contribution in [0.1, 0.15) is 45.5 Å². The lowest BCUT2D eigenvalue weighted by atomic mass is 9.71. The molecule has 0 aliphatic carbocycles. The Morgan fingerprint density at radius 3 is 2.63 bits per heavy atom. The normalized spacial score (nSPS) is 27.1. The number of likely N-dealkylation sites (N-methyl/N-ethyl adjacent to an activating group) is 1. The van der Waals surface area contributed by atoms with Crippen molar-refractivity contribution in [2.24, 2.45) is 0 Å². The van der Waals surface area contributed by atoms with E-state index in [2.05, 4.69) is 35.6 Å². The van der Waals surface area contributed by atoms with Crippen LogP contribution in [0.15, 0.2) is 18.7 Å². The Bertz CT molecular complexity index is 1370. The zero-order valence-electron chi connectivity index (χ0n) is 22.2. The maximum absolute atomic E-state index is 11.3. The molecule has 0 radical (unpaired) electrons. The number of phenols is 1. The van der Waals surface area contributed by atoms with Gasteiger partial charge < -0.3 is 29.2 Å². The highest BCUT2D eigenvalue weighted by molar-refractivity contribution is 5.66. The first-order valence-corrected chi connectivity index (χ1v) is 13.0. The molecule has 9 nitrogen and oxygen atoms in total. The van der Waals surface area contributed by atoms with E-state index in [1.807, 2.05) is 13.8 Å². The van der Waals surface area contributed by atoms with Crippen LogP contribution in [0.25, 0.3) is 0 Å². The number of hydrogen-bond donors (Lipinski definition) is 2. The van der Waals surface area contributed by atoms with Crippen LogP contribution in [-0.4, -0.2) is 72.3 Å². The van der Waals surface area contributed by atoms with Gasteiger partial charge in [-0.25, -0.2) is 0 Å². The lowest BCUT2D eigenvalue weighted by Crippen LogP contribution is -2.68. The quantitative estimate of drug-likeness (QED) is 0.576. The monoisotopic (exact) mass is 519 g/mol. The third-order valence-corrected chi connectivity index (χ3v) is 8.79. The number of aliphatic hydroxyl groups excluding tert-OH is 1. The van der Waals surface area contributed by atoms with E-state index < -0.39 is 12.1 Å². The van der Waals surface area contributed by atoms with Crippen molar-refractivity contribution in [1.29, 1.82) is 5.26 Å². The highest BCUT2D eigenvalue weighted by Gasteiger charge is 2.56. The van der Waals surface area contributed by atoms with Crippen LogP contribution in [0.2, 0.25) is 0 Å². The zero-order valence-corrected chi connectivity index (χ0v) is 22.2. The van der Waals surface area contributed by atoms with Gasteiger partial charge in [0.2, 0.25) is 6.79 Å². The molecule has 2 bridgehead atoms. The summed E-state index contributed by atoms with van der Waals surface area (Å²) in [6.45, 7) is 7.80. The number of phenolic OH excluding ortho intramolecular Hbond substituents is 1. The average molecular weight is 520 g/mol. The zero-order chi connectivity index (χ0) is 26.9. The number of nitriles is 1. The first kappa shape index (κ1) is 24.9. The molecule has 2 aromatic carbocycles. The Morgan fingerprint density at radius 1 is 1.18 bits per heavy atom. The molecule has 0 amide bonds. The van der Waals surface area contributed by atoms with Gasteiger partial charge in [0.25, 0.3) is 0 Å². The minimum atomic E-state index is -0.541. The third kappa shape index (κ3) is 3.20. The minimum absolute atomic E-state index is 0.0554. The van der Waals surface area contributed by atoms with Gasteiger partial charge in [0.1, 0.15) is 18.4 Å². The molecular weight excluding hydrogens is 486 g/mol. The molecule has 6 rings (SSSR count). The van der Waals surface area contributed by atoms with Crippen LogP contribution in [-0.2, 0) is 12.8 Å². The average Bonchev–Trinajstić information content (AvgIpc) is 3.40. The second kappa shape index (κ2) is 9.09. The van der Waals surface area contributed by atoms with Crippen molar-refractivity contribution in [2.45, 2.75) is 56.9 Å². The summed E-state index contributed by atoms with van der Waals surface area (Å²) in [5, 5.41) is 32.6. The maximum Gasteiger partial charge on any atom is 0.231 e. The fourth-order valence-corrected chi connectivity index (χ4v) is 7.28. The number of aromatic hydroxyl groups is 1. The van der Waals surface area contributed by atoms with E-state index in [1.54, 1.807) is 13.2 Å². The van der Waals surface area contributed by atoms with Gasteiger partial charge in [-0.3, -0.25) is 9.80 Å². The topological polar surface area (TPSA) is 108 Å². The van der Waals surface area contributed by atoms with Crippen molar-refractivity contribution >= 4 is 0 Å². The fourth-order valence-electron chi connectivity index (χ4n) is 7.28. The number of hydrogen-bond acceptors (Lipinski definition) is 9. The minimum Gasteiger partial charge on any atom is -0.507 e. The van der Waals surface area contributed by atoms with Gasteiger partial charge in [0.05, 0.1) is 31.9 Å². The highest BCUT2D eigenvalue weighted by atomic mass is 16.7. The molecule has 1 fully saturated rings. The molecule has 9 heteroatoms. The van der Waals surface area contributed by atoms with Crippen LogP contribution in [0.3, 0.4) is 0 Å². The summed E-state index contributed by atoms with van der Waals surface area (Å²) in [7, 11) is 3.70. The van der Waals surface area contributed by atoms with Crippen molar-refractivity contribution in [3.05, 3.63) is 52.1 Å². The maximum atomic E-state index is 11.3. The number of nitrogens with zero attached hydrogens (tertiary/aromatic N) is 3. The summed E-state index contributed by atoms with van der Waals surface area (Å²) in [6.07, 6.45) is 2.83. The van der Waals surface area contributed by atoms with Crippen LogP contribution in [0, 0.1) is 25.2 Å². The third-order valence-electron chi connectivity index (χ3n) is 8.79. The van der Waals surface area contributed by atoms with Gasteiger partial charge in [0, 0.05) is 34.3 Å². The SMILES string of the molecule is C=CCOc1c(OC)c(C)cc2c1C1[C@@H]3Cc4c(O)c(C)c5c(c4[C@H](CO)N3[C@@H](C#N)[C@H](C2)N1C)OCO5. The largest absolute Gasteiger partial charge is 0.507 e. The van der Waals surface area contributed by atoms with Gasteiger partial charge in [-0.15, -0.1) is 0 Å². The molecule has 4 aliphatic rings. The van der Waals surface area contributed by atoms with E-state index >= 15 is 0 Å². The van der Waals surface area contributed by atoms with E-state index in [-0.39, 0.29) is 37.3 Å². The molecule has 200 valence electrons. The Labute approximate surface area is 222 Å². The number of ether oxygens (including phenoxy) is 4. The van der Waals surface area contributed by atoms with E-state index in [0.717, 1.165) is 22.3 Å². The molecular formula is C29H33N3O6. The smallest absolute Gasteiger partial charge is 0.231 e. The molecule has 2 N–H and O–H groups in total. The lowest BCUT2D eigenvalue weighted by Gasteiger charge is -2.59. The van der Waals surface area contributed by atoms with E-state index in [0.29, 0.717) is 53.6 Å². The molecule has 1 saturated heterocycles. The summed E-state index contributed by atoms with van der Waals surface area (Å²) in [4.78, 5) is 4.41. The number of fused-ring (bicyclic) bond motifs is 9. The van der Waals surface area contributed by atoms with Crippen molar-refractivity contribution < 1.29 is 29.2 Å². The number of aliphatic hydroxyl groups is 1. The number of rotatable bonds is 5. The van der Waals surface area contributed by atoms with Crippen LogP contribution in [0.5, 0.6) is 28.7 Å². The molecule has 0 saturated carbocycles. The van der Waals surface area contributed by atoms with Gasteiger partial charge in [-0.2, -0.15) is 5.26 Å². The molecule has 2 aromatic rings. The molecule has 38 heavy (non-hydrogen) atoms. The van der Waals surface area contributed by atoms with Gasteiger partial charge in [-0.1, -0.05) is 18.7 Å². The molecule has 5 atom stereocenters. The van der Waals surface area contributed by atoms with Crippen LogP contribution < -0.4 is 18.9 Å². The predicted molar refractivity (Wildman–Crippen MR) is 139 cm³/mol. The molecule has 1 unspecified atom stereocenters. The van der Waals surface area contributed by atoms with Gasteiger partial charge >= 0.3 is 0 Å². The summed E-state index contributed by atoms with van der Waals surface area (Å²) in [5.74, 6) is 2.59. The number of benzene rings is 2. The molecule has 4 heterocycles. The number of piperazine rings is 1. The Kier molecular flexibility index (Phi) is 5.94. The number of methoxy groups -OCH3 is 1. The second-order valence-electron chi connectivity index (χ2n) is 10.5. The molecule has 0 spiro atoms. The number of aryl methyl sites for hydroxylation is 1. The Balaban J connectivity index is 1.60. The predicted octanol–water partition coefficient (Wildman–Crippen LogP) is 3.07. The van der Waals surface area contributed by atoms with Crippen LogP contribution in [0.4, 0.5) is 0 Å². The van der Waals surface area contributed by atoms with E-state index in [9.17, 15) is 15.5 Å². The second-order valence-corrected chi connectivity index (χ2v) is 10.5. The van der Waals surface area contributed by atoms with E-state index in [1.165, 1.54) is 0 Å². The Hall–Kier alpha value is -3.45.